The first kappa shape index (κ1) is 12.8. The number of aldehydes is 1. The molecule has 3 aliphatic rings. The molecule has 0 amide bonds. The lowest BCUT2D eigenvalue weighted by molar-refractivity contribution is -0.124. The second kappa shape index (κ2) is 4.15. The molecule has 104 valence electrons. The fourth-order valence-electron chi connectivity index (χ4n) is 3.59. The molecule has 1 aromatic heterocycles. The Morgan fingerprint density at radius 3 is 2.47 bits per heavy atom. The molecule has 1 aromatic rings. The van der Waals surface area contributed by atoms with Crippen LogP contribution in [0.25, 0.3) is 0 Å². The van der Waals surface area contributed by atoms with Crippen LogP contribution in [0.3, 0.4) is 0 Å². The lowest BCUT2D eigenvalue weighted by atomic mass is 9.55. The predicted octanol–water partition coefficient (Wildman–Crippen LogP) is 3.23. The fourth-order valence-corrected chi connectivity index (χ4v) is 3.59. The van der Waals surface area contributed by atoms with E-state index >= 15 is 0 Å². The van der Waals surface area contributed by atoms with E-state index in [0.717, 1.165) is 31.5 Å². The number of rotatable bonds is 2. The molecule has 19 heavy (non-hydrogen) atoms. The molecule has 1 unspecified atom stereocenters. The summed E-state index contributed by atoms with van der Waals surface area (Å²) in [7, 11) is 0. The van der Waals surface area contributed by atoms with Crippen molar-refractivity contribution in [2.75, 3.05) is 0 Å². The highest BCUT2D eigenvalue weighted by molar-refractivity contribution is 5.62. The van der Waals surface area contributed by atoms with Crippen LogP contribution < -0.4 is 0 Å². The summed E-state index contributed by atoms with van der Waals surface area (Å²) in [5.41, 5.74) is -0.371. The van der Waals surface area contributed by atoms with Crippen molar-refractivity contribution in [1.82, 2.24) is 10.2 Å². The van der Waals surface area contributed by atoms with Gasteiger partial charge in [-0.3, -0.25) is 0 Å². The molecule has 3 fully saturated rings. The van der Waals surface area contributed by atoms with E-state index in [-0.39, 0.29) is 16.7 Å². The lowest BCUT2D eigenvalue weighted by Crippen LogP contribution is -2.42. The van der Waals surface area contributed by atoms with E-state index in [1.165, 1.54) is 12.8 Å². The lowest BCUT2D eigenvalue weighted by Gasteiger charge is -2.47. The van der Waals surface area contributed by atoms with Crippen LogP contribution >= 0.6 is 0 Å². The molecule has 4 rings (SSSR count). The van der Waals surface area contributed by atoms with Gasteiger partial charge in [0.2, 0.25) is 11.8 Å². The highest BCUT2D eigenvalue weighted by atomic mass is 16.4. The summed E-state index contributed by atoms with van der Waals surface area (Å²) in [6.07, 6.45) is 6.52. The van der Waals surface area contributed by atoms with E-state index in [1.807, 2.05) is 0 Å². The SMILES string of the molecule is CC(C)(C)c1nnc(C2CC3CCC2(C=O)CC3)o1. The van der Waals surface area contributed by atoms with Gasteiger partial charge >= 0.3 is 0 Å². The van der Waals surface area contributed by atoms with Crippen LogP contribution in [-0.2, 0) is 10.2 Å². The van der Waals surface area contributed by atoms with Gasteiger partial charge in [-0.2, -0.15) is 0 Å². The first-order valence-electron chi connectivity index (χ1n) is 7.25. The number of aromatic nitrogens is 2. The summed E-state index contributed by atoms with van der Waals surface area (Å²) in [5.74, 6) is 2.23. The van der Waals surface area contributed by atoms with Gasteiger partial charge in [0.15, 0.2) is 0 Å². The fraction of sp³-hybridized carbons (Fsp3) is 0.800. The predicted molar refractivity (Wildman–Crippen MR) is 70.8 cm³/mol. The number of hydrogen-bond acceptors (Lipinski definition) is 4. The van der Waals surface area contributed by atoms with Gasteiger partial charge in [-0.15, -0.1) is 10.2 Å². The maximum atomic E-state index is 11.6. The number of carbonyl (C=O) groups excluding carboxylic acids is 1. The minimum Gasteiger partial charge on any atom is -0.424 e. The number of fused-ring (bicyclic) bond motifs is 3. The quantitative estimate of drug-likeness (QED) is 0.768. The van der Waals surface area contributed by atoms with Gasteiger partial charge in [0.05, 0.1) is 0 Å². The Labute approximate surface area is 114 Å². The van der Waals surface area contributed by atoms with E-state index in [4.69, 9.17) is 4.42 Å². The third kappa shape index (κ3) is 2.01. The van der Waals surface area contributed by atoms with Gasteiger partial charge in [-0.25, -0.2) is 0 Å². The normalized spacial score (nSPS) is 34.5. The third-order valence-electron chi connectivity index (χ3n) is 4.91. The van der Waals surface area contributed by atoms with Crippen LogP contribution in [0.5, 0.6) is 0 Å². The monoisotopic (exact) mass is 262 g/mol. The first-order valence-corrected chi connectivity index (χ1v) is 7.25. The van der Waals surface area contributed by atoms with Gasteiger partial charge in [0.1, 0.15) is 6.29 Å². The summed E-state index contributed by atoms with van der Waals surface area (Å²) in [4.78, 5) is 11.6. The smallest absolute Gasteiger partial charge is 0.221 e. The highest BCUT2D eigenvalue weighted by Crippen LogP contribution is 2.56. The molecular formula is C15H22N2O2. The van der Waals surface area contributed by atoms with Crippen LogP contribution in [0.15, 0.2) is 4.42 Å². The van der Waals surface area contributed by atoms with E-state index < -0.39 is 0 Å². The average Bonchev–Trinajstić information content (AvgIpc) is 2.89. The van der Waals surface area contributed by atoms with E-state index in [9.17, 15) is 4.79 Å². The van der Waals surface area contributed by atoms with Gasteiger partial charge in [0, 0.05) is 16.7 Å². The van der Waals surface area contributed by atoms with Crippen LogP contribution in [0.2, 0.25) is 0 Å². The summed E-state index contributed by atoms with van der Waals surface area (Å²) >= 11 is 0. The molecule has 0 spiro atoms. The maximum absolute atomic E-state index is 11.6. The molecule has 3 aliphatic carbocycles. The van der Waals surface area contributed by atoms with Gasteiger partial charge in [0.25, 0.3) is 0 Å². The molecule has 2 bridgehead atoms. The highest BCUT2D eigenvalue weighted by Gasteiger charge is 2.50. The molecule has 0 radical (unpaired) electrons. The van der Waals surface area contributed by atoms with Crippen molar-refractivity contribution in [3.63, 3.8) is 0 Å². The second-order valence-corrected chi connectivity index (χ2v) is 7.28. The molecule has 0 N–H and O–H groups in total. The topological polar surface area (TPSA) is 56.0 Å². The van der Waals surface area contributed by atoms with Crippen molar-refractivity contribution in [1.29, 1.82) is 0 Å². The minimum absolute atomic E-state index is 0.132. The van der Waals surface area contributed by atoms with Crippen molar-refractivity contribution < 1.29 is 9.21 Å². The first-order chi connectivity index (χ1) is 8.94. The average molecular weight is 262 g/mol. The summed E-state index contributed by atoms with van der Waals surface area (Å²) < 4.78 is 5.89. The third-order valence-corrected chi connectivity index (χ3v) is 4.91. The van der Waals surface area contributed by atoms with Crippen LogP contribution in [0.4, 0.5) is 0 Å². The molecule has 4 nitrogen and oxygen atoms in total. The standard InChI is InChI=1S/C15H22N2O2/c1-14(2,3)13-17-16-12(19-13)11-8-10-4-6-15(11,9-18)7-5-10/h9-11H,4-8H2,1-3H3. The Morgan fingerprint density at radius 2 is 1.95 bits per heavy atom. The van der Waals surface area contributed by atoms with Crippen molar-refractivity contribution in [3.8, 4) is 0 Å². The van der Waals surface area contributed by atoms with Gasteiger partial charge in [-0.1, -0.05) is 20.8 Å². The zero-order chi connectivity index (χ0) is 13.7. The van der Waals surface area contributed by atoms with Crippen LogP contribution in [-0.4, -0.2) is 16.5 Å². The molecule has 0 aliphatic heterocycles. The van der Waals surface area contributed by atoms with Gasteiger partial charge in [-0.05, 0) is 38.0 Å². The Bertz CT molecular complexity index is 479. The van der Waals surface area contributed by atoms with Crippen molar-refractivity contribution in [3.05, 3.63) is 11.8 Å². The molecule has 0 saturated heterocycles. The summed E-state index contributed by atoms with van der Waals surface area (Å²) in [5, 5.41) is 8.42. The Hall–Kier alpha value is -1.19. The van der Waals surface area contributed by atoms with Crippen molar-refractivity contribution in [2.24, 2.45) is 11.3 Å². The van der Waals surface area contributed by atoms with Crippen molar-refractivity contribution in [2.45, 2.75) is 64.2 Å². The van der Waals surface area contributed by atoms with E-state index in [0.29, 0.717) is 11.8 Å². The molecule has 1 heterocycles. The van der Waals surface area contributed by atoms with E-state index in [1.54, 1.807) is 0 Å². The Balaban J connectivity index is 1.93. The molecule has 4 heteroatoms. The molecular weight excluding hydrogens is 240 g/mol. The largest absolute Gasteiger partial charge is 0.424 e. The summed E-state index contributed by atoms with van der Waals surface area (Å²) in [6.45, 7) is 6.19. The van der Waals surface area contributed by atoms with Crippen LogP contribution in [0.1, 0.15) is 70.6 Å². The minimum atomic E-state index is -0.240. The number of nitrogens with zero attached hydrogens (tertiary/aromatic N) is 2. The maximum Gasteiger partial charge on any atom is 0.221 e. The number of carbonyl (C=O) groups is 1. The molecule has 0 aromatic carbocycles. The van der Waals surface area contributed by atoms with Gasteiger partial charge < -0.3 is 9.21 Å². The Kier molecular flexibility index (Phi) is 2.80. The number of hydrogen-bond donors (Lipinski definition) is 0. The second-order valence-electron chi connectivity index (χ2n) is 7.28. The summed E-state index contributed by atoms with van der Waals surface area (Å²) in [6, 6.07) is 0. The molecule has 1 atom stereocenters. The zero-order valence-corrected chi connectivity index (χ0v) is 12.0. The zero-order valence-electron chi connectivity index (χ0n) is 12.0. The Morgan fingerprint density at radius 1 is 1.26 bits per heavy atom. The van der Waals surface area contributed by atoms with Crippen LogP contribution in [0, 0.1) is 11.3 Å². The van der Waals surface area contributed by atoms with Crippen molar-refractivity contribution >= 4 is 6.29 Å². The van der Waals surface area contributed by atoms with E-state index in [2.05, 4.69) is 31.0 Å². The molecule has 3 saturated carbocycles.